The molecule has 1 aromatic heterocycles. The fourth-order valence-electron chi connectivity index (χ4n) is 7.64. The van der Waals surface area contributed by atoms with Crippen LogP contribution in [-0.4, -0.2) is 22.4 Å². The molecule has 13 heteroatoms. The van der Waals surface area contributed by atoms with E-state index in [1.54, 1.807) is 30.3 Å². The Balaban J connectivity index is 1.29. The van der Waals surface area contributed by atoms with Gasteiger partial charge in [0.25, 0.3) is 0 Å². The average Bonchev–Trinajstić information content (AvgIpc) is 3.59. The molecular formula is C48H29F9N4. The van der Waals surface area contributed by atoms with E-state index in [9.17, 15) is 39.5 Å². The van der Waals surface area contributed by atoms with Crippen molar-refractivity contribution in [2.24, 2.45) is 9.98 Å². The summed E-state index contributed by atoms with van der Waals surface area (Å²) in [4.78, 5) is 9.83. The van der Waals surface area contributed by atoms with E-state index in [4.69, 9.17) is 9.98 Å². The molecule has 0 fully saturated rings. The van der Waals surface area contributed by atoms with E-state index >= 15 is 0 Å². The predicted molar refractivity (Wildman–Crippen MR) is 219 cm³/mol. The number of hydrogen-bond acceptors (Lipinski definition) is 3. The summed E-state index contributed by atoms with van der Waals surface area (Å²) < 4.78 is 126. The minimum Gasteiger partial charge on any atom is -0.324 e. The highest BCUT2D eigenvalue weighted by molar-refractivity contribution is 6.16. The Morgan fingerprint density at radius 3 is 1.77 bits per heavy atom. The van der Waals surface area contributed by atoms with Gasteiger partial charge < -0.3 is 9.88 Å². The van der Waals surface area contributed by atoms with Gasteiger partial charge in [-0.05, 0) is 76.9 Å². The second-order valence-electron chi connectivity index (χ2n) is 14.4. The first-order chi connectivity index (χ1) is 29.1. The zero-order chi connectivity index (χ0) is 42.7. The van der Waals surface area contributed by atoms with Gasteiger partial charge in [0.2, 0.25) is 0 Å². The van der Waals surface area contributed by atoms with Gasteiger partial charge in [-0.3, -0.25) is 0 Å². The third-order valence-electron chi connectivity index (χ3n) is 10.5. The molecule has 0 amide bonds. The number of amidine groups is 2. The highest BCUT2D eigenvalue weighted by Crippen LogP contribution is 2.41. The summed E-state index contributed by atoms with van der Waals surface area (Å²) >= 11 is 0. The molecule has 2 heterocycles. The maximum absolute atomic E-state index is 13.9. The van der Waals surface area contributed by atoms with Crippen molar-refractivity contribution in [3.8, 4) is 16.8 Å². The zero-order valence-corrected chi connectivity index (χ0v) is 31.5. The van der Waals surface area contributed by atoms with Crippen LogP contribution in [0, 0.1) is 0 Å². The molecule has 6 aromatic carbocycles. The molecule has 0 saturated carbocycles. The number of nitrogens with one attached hydrogen (secondary N) is 1. The third-order valence-corrected chi connectivity index (χ3v) is 10.5. The second kappa shape index (κ2) is 14.8. The van der Waals surface area contributed by atoms with E-state index in [0.717, 1.165) is 23.3 Å². The molecular weight excluding hydrogens is 804 g/mol. The first-order valence-electron chi connectivity index (χ1n) is 18.8. The number of benzene rings is 6. The monoisotopic (exact) mass is 832 g/mol. The number of aromatic nitrogens is 1. The molecule has 0 atom stereocenters. The maximum atomic E-state index is 13.9. The standard InChI is InChI=1S/C48H29F9N4/c49-46(50,51)33-18-15-28(16-19-33)37-21-20-36(27-40(37)45-59-43(29-9-3-1-4-10-29)58-44(60-45)30-11-5-2-6-12-30)61-41-14-8-7-13-38(41)39-25-31(17-22-42(39)61)32-23-34(47(52,53)54)26-35(24-32)48(55,56)57/h1-15,17-27H,16H2,(H,58,59,60). The Hall–Kier alpha value is -7.15. The quantitative estimate of drug-likeness (QED) is 0.176. The Morgan fingerprint density at radius 2 is 1.13 bits per heavy atom. The highest BCUT2D eigenvalue weighted by atomic mass is 19.4. The number of alkyl halides is 9. The molecule has 9 rings (SSSR count). The van der Waals surface area contributed by atoms with E-state index in [2.05, 4.69) is 5.32 Å². The number of halogens is 9. The molecule has 1 aliphatic carbocycles. The van der Waals surface area contributed by atoms with Gasteiger partial charge in [0.05, 0.1) is 27.7 Å². The van der Waals surface area contributed by atoms with Crippen molar-refractivity contribution in [1.82, 2.24) is 9.88 Å². The topological polar surface area (TPSA) is 41.7 Å². The van der Waals surface area contributed by atoms with Crippen LogP contribution >= 0.6 is 0 Å². The van der Waals surface area contributed by atoms with E-state index in [1.807, 2.05) is 89.5 Å². The van der Waals surface area contributed by atoms with Crippen molar-refractivity contribution >= 4 is 44.9 Å². The average molecular weight is 833 g/mol. The smallest absolute Gasteiger partial charge is 0.324 e. The van der Waals surface area contributed by atoms with E-state index in [0.29, 0.717) is 73.1 Å². The van der Waals surface area contributed by atoms with Gasteiger partial charge >= 0.3 is 18.5 Å². The molecule has 4 nitrogen and oxygen atoms in total. The summed E-state index contributed by atoms with van der Waals surface area (Å²) in [6, 6.07) is 37.6. The first kappa shape index (κ1) is 39.3. The number of rotatable bonds is 4. The number of para-hydroxylation sites is 1. The van der Waals surface area contributed by atoms with Gasteiger partial charge in [0, 0.05) is 32.8 Å². The SMILES string of the molecule is FC(F)(F)C1=CCC(=c2ccc(-n3c4ccccc4c4cc(-c5cc(C(F)(F)F)cc(C(F)(F)F)c5)ccc43)cc2=C2N=C(c3ccccc3)N=C(c3ccccc3)N2)C=C1. The summed E-state index contributed by atoms with van der Waals surface area (Å²) in [7, 11) is 0. The third kappa shape index (κ3) is 7.63. The Bertz CT molecular complexity index is 3100. The van der Waals surface area contributed by atoms with Crippen LogP contribution in [0.5, 0.6) is 0 Å². The van der Waals surface area contributed by atoms with Crippen LogP contribution in [0.4, 0.5) is 39.5 Å². The van der Waals surface area contributed by atoms with Crippen LogP contribution in [0.3, 0.4) is 0 Å². The molecule has 304 valence electrons. The normalized spacial score (nSPS) is 16.6. The predicted octanol–water partition coefficient (Wildman–Crippen LogP) is 11.7. The minimum atomic E-state index is -5.02. The molecule has 1 N–H and O–H groups in total. The van der Waals surface area contributed by atoms with Gasteiger partial charge in [0.15, 0.2) is 5.84 Å². The highest BCUT2D eigenvalue weighted by Gasteiger charge is 2.37. The summed E-state index contributed by atoms with van der Waals surface area (Å²) in [5, 5.41) is 5.74. The first-order valence-corrected chi connectivity index (χ1v) is 18.8. The van der Waals surface area contributed by atoms with Crippen molar-refractivity contribution < 1.29 is 39.5 Å². The molecule has 1 aliphatic heterocycles. The lowest BCUT2D eigenvalue weighted by atomic mass is 9.97. The fourth-order valence-corrected chi connectivity index (χ4v) is 7.64. The lowest BCUT2D eigenvalue weighted by molar-refractivity contribution is -0.143. The number of fused-ring (bicyclic) bond motifs is 3. The fraction of sp³-hybridized carbons (Fsp3) is 0.0833. The largest absolute Gasteiger partial charge is 0.416 e. The number of aliphatic imine (C=N–C) groups is 2. The van der Waals surface area contributed by atoms with Gasteiger partial charge in [-0.2, -0.15) is 39.5 Å². The van der Waals surface area contributed by atoms with Crippen molar-refractivity contribution in [1.29, 1.82) is 0 Å². The van der Waals surface area contributed by atoms with Crippen LogP contribution in [0.2, 0.25) is 0 Å². The van der Waals surface area contributed by atoms with Gasteiger partial charge in [-0.15, -0.1) is 0 Å². The summed E-state index contributed by atoms with van der Waals surface area (Å²) in [6.07, 6.45) is -11.0. The molecule has 0 saturated heterocycles. The van der Waals surface area contributed by atoms with Crippen LogP contribution in [0.25, 0.3) is 50.0 Å². The van der Waals surface area contributed by atoms with Crippen LogP contribution in [-0.2, 0) is 12.4 Å². The molecule has 7 aromatic rings. The minimum absolute atomic E-state index is 0.0242. The lowest BCUT2D eigenvalue weighted by Gasteiger charge is -2.19. The van der Waals surface area contributed by atoms with Gasteiger partial charge in [0.1, 0.15) is 11.7 Å². The molecule has 61 heavy (non-hydrogen) atoms. The maximum Gasteiger partial charge on any atom is 0.416 e. The van der Waals surface area contributed by atoms with Crippen molar-refractivity contribution in [3.63, 3.8) is 0 Å². The van der Waals surface area contributed by atoms with Gasteiger partial charge in [-0.25, -0.2) is 9.98 Å². The van der Waals surface area contributed by atoms with Crippen molar-refractivity contribution in [2.75, 3.05) is 0 Å². The summed E-state index contributed by atoms with van der Waals surface area (Å²) in [5.41, 5.74) is 0.226. The van der Waals surface area contributed by atoms with Crippen molar-refractivity contribution in [2.45, 2.75) is 24.9 Å². The molecule has 0 spiro atoms. The molecule has 0 unspecified atom stereocenters. The van der Waals surface area contributed by atoms with Crippen LogP contribution in [0.15, 0.2) is 173 Å². The number of hydrogen-bond donors (Lipinski definition) is 1. The zero-order valence-electron chi connectivity index (χ0n) is 31.5. The van der Waals surface area contributed by atoms with Crippen LogP contribution < -0.4 is 15.8 Å². The number of nitrogens with zero attached hydrogens (tertiary/aromatic N) is 3. The molecule has 2 aliphatic rings. The van der Waals surface area contributed by atoms with Crippen LogP contribution in [0.1, 0.15) is 28.7 Å². The second-order valence-corrected chi connectivity index (χ2v) is 14.4. The van der Waals surface area contributed by atoms with E-state index < -0.39 is 35.2 Å². The molecule has 0 radical (unpaired) electrons. The van der Waals surface area contributed by atoms with E-state index in [1.165, 1.54) is 12.1 Å². The Labute approximate surface area is 341 Å². The number of allylic oxidation sites excluding steroid dienone is 4. The molecule has 0 bridgehead atoms. The lowest BCUT2D eigenvalue weighted by Crippen LogP contribution is -2.38. The van der Waals surface area contributed by atoms with E-state index in [-0.39, 0.29) is 23.6 Å². The Kier molecular flexibility index (Phi) is 9.57. The summed E-state index contributed by atoms with van der Waals surface area (Å²) in [5.74, 6) is 1.24. The van der Waals surface area contributed by atoms with Gasteiger partial charge in [-0.1, -0.05) is 109 Å². The summed E-state index contributed by atoms with van der Waals surface area (Å²) in [6.45, 7) is 0. The Morgan fingerprint density at radius 1 is 0.492 bits per heavy atom. The van der Waals surface area contributed by atoms with Crippen molar-refractivity contribution in [3.05, 3.63) is 196 Å².